The number of hydroxylamine groups is 1. The maximum absolute atomic E-state index is 11.9. The molecule has 1 amide bonds. The molecule has 1 aliphatic rings. The molecule has 0 bridgehead atoms. The second-order valence-electron chi connectivity index (χ2n) is 8.39. The van der Waals surface area contributed by atoms with Crippen LogP contribution < -0.4 is 5.48 Å². The number of hydrogen-bond donors (Lipinski definition) is 1. The van der Waals surface area contributed by atoms with Crippen LogP contribution in [0.15, 0.2) is 91.3 Å². The van der Waals surface area contributed by atoms with Gasteiger partial charge in [0.2, 0.25) is 0 Å². The molecular formula is C28H32N4O2. The third kappa shape index (κ3) is 7.09. The summed E-state index contributed by atoms with van der Waals surface area (Å²) in [6.45, 7) is 5.53. The Morgan fingerprint density at radius 3 is 2.24 bits per heavy atom. The molecule has 176 valence electrons. The van der Waals surface area contributed by atoms with Gasteiger partial charge in [0.05, 0.1) is 12.6 Å². The standard InChI is InChI=1S/C28H32N4O2/c33-27(15-14-24-9-7-16-29-23-24)30-34-22-8-17-31-18-20-32(21-19-31)28(25-10-3-1-4-11-25)26-12-5-2-6-13-26/h1-7,9-16,23,28H,8,17-22H2,(H,30,33). The van der Waals surface area contributed by atoms with Crippen molar-refractivity contribution in [2.75, 3.05) is 39.3 Å². The lowest BCUT2D eigenvalue weighted by atomic mass is 9.96. The molecule has 4 rings (SSSR count). The molecular weight excluding hydrogens is 424 g/mol. The topological polar surface area (TPSA) is 57.7 Å². The third-order valence-corrected chi connectivity index (χ3v) is 6.01. The molecule has 0 spiro atoms. The molecule has 1 aromatic heterocycles. The Hall–Kier alpha value is -3.32. The first-order valence-corrected chi connectivity index (χ1v) is 11.9. The smallest absolute Gasteiger partial charge is 0.267 e. The number of pyridine rings is 1. The summed E-state index contributed by atoms with van der Waals surface area (Å²) >= 11 is 0. The molecule has 2 aromatic carbocycles. The maximum atomic E-state index is 11.9. The predicted molar refractivity (Wildman–Crippen MR) is 135 cm³/mol. The lowest BCUT2D eigenvalue weighted by Crippen LogP contribution is -2.48. The van der Waals surface area contributed by atoms with E-state index in [4.69, 9.17) is 4.84 Å². The Kier molecular flexibility index (Phi) is 8.97. The van der Waals surface area contributed by atoms with E-state index in [2.05, 4.69) is 80.9 Å². The quantitative estimate of drug-likeness (QED) is 0.285. The molecule has 2 heterocycles. The van der Waals surface area contributed by atoms with Crippen molar-refractivity contribution < 1.29 is 9.63 Å². The summed E-state index contributed by atoms with van der Waals surface area (Å²) < 4.78 is 0. The number of aromatic nitrogens is 1. The molecule has 6 heteroatoms. The molecule has 0 aliphatic carbocycles. The van der Waals surface area contributed by atoms with E-state index < -0.39 is 0 Å². The number of carbonyl (C=O) groups is 1. The fraction of sp³-hybridized carbons (Fsp3) is 0.286. The van der Waals surface area contributed by atoms with Crippen molar-refractivity contribution in [3.8, 4) is 0 Å². The summed E-state index contributed by atoms with van der Waals surface area (Å²) in [5.41, 5.74) is 6.02. The van der Waals surface area contributed by atoms with E-state index >= 15 is 0 Å². The number of carbonyl (C=O) groups excluding carboxylic acids is 1. The van der Waals surface area contributed by atoms with Gasteiger partial charge in [-0.3, -0.25) is 19.5 Å². The molecule has 0 saturated carbocycles. The van der Waals surface area contributed by atoms with Gasteiger partial charge in [0.1, 0.15) is 0 Å². The van der Waals surface area contributed by atoms with Crippen LogP contribution in [0.4, 0.5) is 0 Å². The summed E-state index contributed by atoms with van der Waals surface area (Å²) in [6.07, 6.45) is 7.43. The van der Waals surface area contributed by atoms with E-state index in [1.165, 1.54) is 17.2 Å². The lowest BCUT2D eigenvalue weighted by Gasteiger charge is -2.39. The molecule has 0 atom stereocenters. The SMILES string of the molecule is O=C(C=Cc1cccnc1)NOCCCN1CCN(C(c2ccccc2)c2ccccc2)CC1. The Morgan fingerprint density at radius 1 is 0.941 bits per heavy atom. The van der Waals surface area contributed by atoms with Crippen LogP contribution in [-0.4, -0.2) is 60.0 Å². The molecule has 3 aromatic rings. The number of piperazine rings is 1. The van der Waals surface area contributed by atoms with Gasteiger partial charge in [-0.2, -0.15) is 0 Å². The maximum Gasteiger partial charge on any atom is 0.267 e. The minimum absolute atomic E-state index is 0.273. The highest BCUT2D eigenvalue weighted by atomic mass is 16.6. The van der Waals surface area contributed by atoms with Gasteiger partial charge >= 0.3 is 0 Å². The van der Waals surface area contributed by atoms with Gasteiger partial charge in [-0.05, 0) is 35.3 Å². The van der Waals surface area contributed by atoms with Crippen molar-refractivity contribution in [2.45, 2.75) is 12.5 Å². The van der Waals surface area contributed by atoms with Crippen molar-refractivity contribution in [2.24, 2.45) is 0 Å². The Balaban J connectivity index is 1.18. The highest BCUT2D eigenvalue weighted by molar-refractivity contribution is 5.90. The van der Waals surface area contributed by atoms with Crippen LogP contribution in [0.2, 0.25) is 0 Å². The molecule has 0 unspecified atom stereocenters. The number of hydrogen-bond acceptors (Lipinski definition) is 5. The summed E-state index contributed by atoms with van der Waals surface area (Å²) in [7, 11) is 0. The normalized spacial score (nSPS) is 15.1. The highest BCUT2D eigenvalue weighted by Crippen LogP contribution is 2.29. The highest BCUT2D eigenvalue weighted by Gasteiger charge is 2.26. The van der Waals surface area contributed by atoms with Crippen LogP contribution in [-0.2, 0) is 9.63 Å². The number of benzene rings is 2. The molecule has 1 N–H and O–H groups in total. The number of amides is 1. The van der Waals surface area contributed by atoms with E-state index in [1.54, 1.807) is 18.5 Å². The van der Waals surface area contributed by atoms with E-state index in [-0.39, 0.29) is 11.9 Å². The zero-order valence-corrected chi connectivity index (χ0v) is 19.4. The summed E-state index contributed by atoms with van der Waals surface area (Å²) in [5, 5.41) is 0. The van der Waals surface area contributed by atoms with Gasteiger partial charge in [-0.1, -0.05) is 66.7 Å². The molecule has 0 radical (unpaired) electrons. The zero-order valence-electron chi connectivity index (χ0n) is 19.4. The van der Waals surface area contributed by atoms with Crippen LogP contribution in [0.5, 0.6) is 0 Å². The third-order valence-electron chi connectivity index (χ3n) is 6.01. The molecule has 1 saturated heterocycles. The fourth-order valence-electron chi connectivity index (χ4n) is 4.29. The number of nitrogens with zero attached hydrogens (tertiary/aromatic N) is 3. The van der Waals surface area contributed by atoms with Crippen molar-refractivity contribution in [1.82, 2.24) is 20.3 Å². The molecule has 6 nitrogen and oxygen atoms in total. The predicted octanol–water partition coefficient (Wildman–Crippen LogP) is 3.94. The van der Waals surface area contributed by atoms with Crippen molar-refractivity contribution in [1.29, 1.82) is 0 Å². The van der Waals surface area contributed by atoms with E-state index in [9.17, 15) is 4.79 Å². The minimum atomic E-state index is -0.273. The van der Waals surface area contributed by atoms with Crippen LogP contribution in [0.25, 0.3) is 6.08 Å². The first-order valence-electron chi connectivity index (χ1n) is 11.9. The average molecular weight is 457 g/mol. The van der Waals surface area contributed by atoms with Crippen LogP contribution in [0.3, 0.4) is 0 Å². The van der Waals surface area contributed by atoms with E-state index in [1.807, 2.05) is 12.1 Å². The van der Waals surface area contributed by atoms with Gasteiger partial charge in [0.15, 0.2) is 0 Å². The van der Waals surface area contributed by atoms with Gasteiger partial charge in [-0.15, -0.1) is 0 Å². The van der Waals surface area contributed by atoms with Crippen molar-refractivity contribution >= 4 is 12.0 Å². The van der Waals surface area contributed by atoms with Gasteiger partial charge < -0.3 is 4.90 Å². The van der Waals surface area contributed by atoms with Crippen molar-refractivity contribution in [3.63, 3.8) is 0 Å². The largest absolute Gasteiger partial charge is 0.301 e. The molecule has 34 heavy (non-hydrogen) atoms. The van der Waals surface area contributed by atoms with Crippen molar-refractivity contribution in [3.05, 3.63) is 108 Å². The molecule has 1 fully saturated rings. The zero-order chi connectivity index (χ0) is 23.4. The fourth-order valence-corrected chi connectivity index (χ4v) is 4.29. The lowest BCUT2D eigenvalue weighted by molar-refractivity contribution is -0.128. The summed E-state index contributed by atoms with van der Waals surface area (Å²) in [6, 6.07) is 25.5. The van der Waals surface area contributed by atoms with Crippen LogP contribution >= 0.6 is 0 Å². The second-order valence-corrected chi connectivity index (χ2v) is 8.39. The first kappa shape index (κ1) is 23.8. The second kappa shape index (κ2) is 12.8. The van der Waals surface area contributed by atoms with E-state index in [0.29, 0.717) is 6.61 Å². The Bertz CT molecular complexity index is 981. The average Bonchev–Trinajstić information content (AvgIpc) is 2.90. The Morgan fingerprint density at radius 2 is 1.62 bits per heavy atom. The van der Waals surface area contributed by atoms with Gasteiger partial charge in [0, 0.05) is 51.2 Å². The molecule has 1 aliphatic heterocycles. The monoisotopic (exact) mass is 456 g/mol. The first-order chi connectivity index (χ1) is 16.8. The Labute approximate surface area is 201 Å². The van der Waals surface area contributed by atoms with Gasteiger partial charge in [0.25, 0.3) is 5.91 Å². The summed E-state index contributed by atoms with van der Waals surface area (Å²) in [5.74, 6) is -0.273. The summed E-state index contributed by atoms with van der Waals surface area (Å²) in [4.78, 5) is 26.3. The van der Waals surface area contributed by atoms with Gasteiger partial charge in [-0.25, -0.2) is 5.48 Å². The van der Waals surface area contributed by atoms with E-state index in [0.717, 1.165) is 44.7 Å². The minimum Gasteiger partial charge on any atom is -0.301 e. The van der Waals surface area contributed by atoms with Crippen LogP contribution in [0, 0.1) is 0 Å². The van der Waals surface area contributed by atoms with Crippen LogP contribution in [0.1, 0.15) is 29.2 Å². The number of rotatable bonds is 10. The number of nitrogens with one attached hydrogen (secondary N) is 1.